The third-order valence-electron chi connectivity index (χ3n) is 3.22. The smallest absolute Gasteiger partial charge is 0.339 e. The molecule has 124 valence electrons. The van der Waals surface area contributed by atoms with E-state index in [2.05, 4.69) is 31.1 Å². The van der Waals surface area contributed by atoms with Crippen molar-refractivity contribution < 1.29 is 19.9 Å². The molecular weight excluding hydrogens is 300 g/mol. The van der Waals surface area contributed by atoms with E-state index in [0.717, 1.165) is 5.69 Å². The molecular formula is C15H20N4O4. The SMILES string of the molecule is CC(C)(C)Cc1c(NCC(=O)NO)nc2c(C(=O)O)cccn12. The highest BCUT2D eigenvalue weighted by atomic mass is 16.5. The molecule has 8 heteroatoms. The number of imidazole rings is 1. The van der Waals surface area contributed by atoms with Gasteiger partial charge in [-0.25, -0.2) is 15.3 Å². The van der Waals surface area contributed by atoms with Gasteiger partial charge in [-0.05, 0) is 24.0 Å². The minimum Gasteiger partial charge on any atom is -0.478 e. The van der Waals surface area contributed by atoms with Crippen LogP contribution in [0.4, 0.5) is 5.82 Å². The molecule has 0 atom stereocenters. The summed E-state index contributed by atoms with van der Waals surface area (Å²) < 4.78 is 1.72. The van der Waals surface area contributed by atoms with E-state index in [4.69, 9.17) is 5.21 Å². The van der Waals surface area contributed by atoms with Crippen molar-refractivity contribution in [3.8, 4) is 0 Å². The van der Waals surface area contributed by atoms with E-state index >= 15 is 0 Å². The molecule has 1 amide bonds. The van der Waals surface area contributed by atoms with Crippen molar-refractivity contribution in [3.63, 3.8) is 0 Å². The van der Waals surface area contributed by atoms with Crippen LogP contribution < -0.4 is 10.8 Å². The lowest BCUT2D eigenvalue weighted by Gasteiger charge is -2.19. The van der Waals surface area contributed by atoms with E-state index in [1.165, 1.54) is 11.5 Å². The molecule has 2 rings (SSSR count). The Morgan fingerprint density at radius 2 is 2.04 bits per heavy atom. The van der Waals surface area contributed by atoms with E-state index in [9.17, 15) is 14.7 Å². The van der Waals surface area contributed by atoms with Crippen LogP contribution >= 0.6 is 0 Å². The zero-order valence-corrected chi connectivity index (χ0v) is 13.3. The number of fused-ring (bicyclic) bond motifs is 1. The monoisotopic (exact) mass is 320 g/mol. The number of anilines is 1. The summed E-state index contributed by atoms with van der Waals surface area (Å²) in [4.78, 5) is 26.9. The molecule has 0 saturated heterocycles. The molecule has 4 N–H and O–H groups in total. The number of carboxylic acid groups (broad SMARTS) is 1. The van der Waals surface area contributed by atoms with Crippen LogP contribution in [0.25, 0.3) is 5.65 Å². The largest absolute Gasteiger partial charge is 0.478 e. The third-order valence-corrected chi connectivity index (χ3v) is 3.22. The highest BCUT2D eigenvalue weighted by molar-refractivity contribution is 5.95. The second-order valence-corrected chi connectivity index (χ2v) is 6.45. The van der Waals surface area contributed by atoms with E-state index in [0.29, 0.717) is 17.9 Å². The molecule has 23 heavy (non-hydrogen) atoms. The maximum absolute atomic E-state index is 11.4. The fourth-order valence-electron chi connectivity index (χ4n) is 2.30. The summed E-state index contributed by atoms with van der Waals surface area (Å²) in [6.07, 6.45) is 2.37. The van der Waals surface area contributed by atoms with Gasteiger partial charge in [0.2, 0.25) is 0 Å². The van der Waals surface area contributed by atoms with Crippen LogP contribution in [0.15, 0.2) is 18.3 Å². The predicted molar refractivity (Wildman–Crippen MR) is 83.7 cm³/mol. The minimum absolute atomic E-state index is 0.0646. The fraction of sp³-hybridized carbons (Fsp3) is 0.400. The second-order valence-electron chi connectivity index (χ2n) is 6.45. The number of nitrogens with one attached hydrogen (secondary N) is 2. The minimum atomic E-state index is -1.07. The first-order chi connectivity index (χ1) is 10.7. The molecule has 0 aliphatic carbocycles. The molecule has 0 spiro atoms. The molecule has 0 unspecified atom stereocenters. The molecule has 8 nitrogen and oxygen atoms in total. The van der Waals surface area contributed by atoms with Gasteiger partial charge in [0.25, 0.3) is 5.91 Å². The average Bonchev–Trinajstić information content (AvgIpc) is 2.80. The number of aromatic nitrogens is 2. The number of hydrogen-bond donors (Lipinski definition) is 4. The van der Waals surface area contributed by atoms with Crippen LogP contribution in [-0.2, 0) is 11.2 Å². The van der Waals surface area contributed by atoms with E-state index in [-0.39, 0.29) is 17.5 Å². The van der Waals surface area contributed by atoms with Crippen molar-refractivity contribution in [2.45, 2.75) is 27.2 Å². The lowest BCUT2D eigenvalue weighted by atomic mass is 9.90. The van der Waals surface area contributed by atoms with Gasteiger partial charge in [0.1, 0.15) is 11.4 Å². The van der Waals surface area contributed by atoms with Gasteiger partial charge < -0.3 is 14.8 Å². The van der Waals surface area contributed by atoms with Crippen molar-refractivity contribution in [2.24, 2.45) is 5.41 Å². The zero-order valence-electron chi connectivity index (χ0n) is 13.3. The van der Waals surface area contributed by atoms with E-state index < -0.39 is 11.9 Å². The van der Waals surface area contributed by atoms with Crippen molar-refractivity contribution in [2.75, 3.05) is 11.9 Å². The Balaban J connectivity index is 2.54. The van der Waals surface area contributed by atoms with Gasteiger partial charge in [0.05, 0.1) is 12.2 Å². The molecule has 0 aliphatic heterocycles. The Morgan fingerprint density at radius 1 is 1.35 bits per heavy atom. The number of hydroxylamine groups is 1. The van der Waals surface area contributed by atoms with Crippen LogP contribution in [0, 0.1) is 5.41 Å². The maximum atomic E-state index is 11.4. The molecule has 0 radical (unpaired) electrons. The zero-order chi connectivity index (χ0) is 17.2. The highest BCUT2D eigenvalue weighted by Crippen LogP contribution is 2.28. The number of pyridine rings is 1. The third kappa shape index (κ3) is 3.78. The predicted octanol–water partition coefficient (Wildman–Crippen LogP) is 1.54. The summed E-state index contributed by atoms with van der Waals surface area (Å²) in [5.41, 5.74) is 2.65. The number of carbonyl (C=O) groups is 2. The van der Waals surface area contributed by atoms with E-state index in [1.807, 2.05) is 0 Å². The van der Waals surface area contributed by atoms with Gasteiger partial charge >= 0.3 is 5.97 Å². The first kappa shape index (κ1) is 16.8. The van der Waals surface area contributed by atoms with Crippen LogP contribution in [0.1, 0.15) is 36.8 Å². The standard InChI is InChI=1S/C15H20N4O4/c1-15(2,3)7-10-12(16-8-11(20)18-23)17-13-9(14(21)22)5-4-6-19(10)13/h4-6,16,23H,7-8H2,1-3H3,(H,18,20)(H,21,22). The average molecular weight is 320 g/mol. The molecule has 2 heterocycles. The number of carboxylic acids is 1. The molecule has 0 bridgehead atoms. The van der Waals surface area contributed by atoms with Crippen LogP contribution in [0.3, 0.4) is 0 Å². The number of carbonyl (C=O) groups excluding carboxylic acids is 1. The van der Waals surface area contributed by atoms with Gasteiger partial charge in [-0.15, -0.1) is 0 Å². The molecule has 0 fully saturated rings. The van der Waals surface area contributed by atoms with Gasteiger partial charge in [-0.2, -0.15) is 0 Å². The first-order valence-corrected chi connectivity index (χ1v) is 7.13. The molecule has 0 aliphatic rings. The van der Waals surface area contributed by atoms with Gasteiger partial charge in [-0.3, -0.25) is 10.0 Å². The molecule has 2 aromatic heterocycles. The number of hydrogen-bond acceptors (Lipinski definition) is 5. The lowest BCUT2D eigenvalue weighted by Crippen LogP contribution is -2.27. The van der Waals surface area contributed by atoms with E-state index in [1.54, 1.807) is 16.7 Å². The topological polar surface area (TPSA) is 116 Å². The Kier molecular flexibility index (Phi) is 4.55. The van der Waals surface area contributed by atoms with Crippen LogP contribution in [0.5, 0.6) is 0 Å². The summed E-state index contributed by atoms with van der Waals surface area (Å²) in [5, 5.41) is 20.7. The lowest BCUT2D eigenvalue weighted by molar-refractivity contribution is -0.127. The normalized spacial score (nSPS) is 11.5. The quantitative estimate of drug-likeness (QED) is 0.490. The Labute approximate surface area is 133 Å². The number of nitrogens with zero attached hydrogens (tertiary/aromatic N) is 2. The Morgan fingerprint density at radius 3 is 2.61 bits per heavy atom. The Bertz CT molecular complexity index is 746. The van der Waals surface area contributed by atoms with Gasteiger partial charge in [0, 0.05) is 6.20 Å². The van der Waals surface area contributed by atoms with Crippen molar-refractivity contribution in [3.05, 3.63) is 29.6 Å². The molecule has 0 aromatic carbocycles. The number of rotatable bonds is 5. The maximum Gasteiger partial charge on any atom is 0.339 e. The highest BCUT2D eigenvalue weighted by Gasteiger charge is 2.22. The fourth-order valence-corrected chi connectivity index (χ4v) is 2.30. The first-order valence-electron chi connectivity index (χ1n) is 7.13. The van der Waals surface area contributed by atoms with Crippen molar-refractivity contribution in [1.82, 2.24) is 14.9 Å². The number of amides is 1. The van der Waals surface area contributed by atoms with Crippen molar-refractivity contribution in [1.29, 1.82) is 0 Å². The van der Waals surface area contributed by atoms with Crippen LogP contribution in [-0.4, -0.2) is 38.1 Å². The van der Waals surface area contributed by atoms with Crippen molar-refractivity contribution >= 4 is 23.3 Å². The number of aromatic carboxylic acids is 1. The summed E-state index contributed by atoms with van der Waals surface area (Å²) in [6, 6.07) is 3.13. The summed E-state index contributed by atoms with van der Waals surface area (Å²) in [7, 11) is 0. The molecule has 2 aromatic rings. The van der Waals surface area contributed by atoms with Crippen LogP contribution in [0.2, 0.25) is 0 Å². The van der Waals surface area contributed by atoms with Gasteiger partial charge in [-0.1, -0.05) is 20.8 Å². The Hall–Kier alpha value is -2.61. The summed E-state index contributed by atoms with van der Waals surface area (Å²) in [6.45, 7) is 5.99. The summed E-state index contributed by atoms with van der Waals surface area (Å²) >= 11 is 0. The summed E-state index contributed by atoms with van der Waals surface area (Å²) in [5.74, 6) is -1.25. The van der Waals surface area contributed by atoms with Gasteiger partial charge in [0.15, 0.2) is 5.65 Å². The second kappa shape index (κ2) is 6.25. The molecule has 0 saturated carbocycles.